The maximum Gasteiger partial charge on any atom is 0.394 e. The van der Waals surface area contributed by atoms with Crippen LogP contribution >= 0.6 is 11.6 Å². The van der Waals surface area contributed by atoms with Crippen molar-refractivity contribution in [3.05, 3.63) is 64.7 Å². The molecule has 0 saturated heterocycles. The highest BCUT2D eigenvalue weighted by Gasteiger charge is 2.32. The molecule has 0 spiro atoms. The van der Waals surface area contributed by atoms with E-state index in [2.05, 4.69) is 0 Å². The molecule has 2 aromatic rings. The Kier molecular flexibility index (Phi) is 4.86. The fraction of sp³-hybridized carbons (Fsp3) is 0.211. The quantitative estimate of drug-likeness (QED) is 0.657. The molecule has 0 aromatic heterocycles. The molecule has 1 aliphatic carbocycles. The van der Waals surface area contributed by atoms with E-state index in [1.165, 1.54) is 17.0 Å². The van der Waals surface area contributed by atoms with E-state index in [0.717, 1.165) is 12.8 Å². The Balaban J connectivity index is 2.06. The number of anilines is 1. The number of benzene rings is 2. The molecule has 0 atom stereocenters. The molecule has 0 heterocycles. The molecule has 0 aliphatic heterocycles. The van der Waals surface area contributed by atoms with E-state index in [-0.39, 0.29) is 29.5 Å². The minimum atomic E-state index is -1.55. The lowest BCUT2D eigenvalue weighted by atomic mass is 10.0. The first-order chi connectivity index (χ1) is 12.0. The second kappa shape index (κ2) is 7.07. The Morgan fingerprint density at radius 2 is 1.76 bits per heavy atom. The van der Waals surface area contributed by atoms with Crippen molar-refractivity contribution < 1.29 is 19.5 Å². The van der Waals surface area contributed by atoms with Gasteiger partial charge in [-0.25, -0.2) is 4.79 Å². The number of aliphatic carboxylic acids is 1. The van der Waals surface area contributed by atoms with Gasteiger partial charge < -0.3 is 10.0 Å². The number of hydrogen-bond acceptors (Lipinski definition) is 3. The first-order valence-corrected chi connectivity index (χ1v) is 8.29. The minimum Gasteiger partial charge on any atom is -0.474 e. The van der Waals surface area contributed by atoms with Crippen LogP contribution in [0.15, 0.2) is 48.5 Å². The molecule has 1 saturated carbocycles. The van der Waals surface area contributed by atoms with Gasteiger partial charge in [-0.3, -0.25) is 9.59 Å². The first-order valence-electron chi connectivity index (χ1n) is 7.91. The fourth-order valence-electron chi connectivity index (χ4n) is 2.64. The zero-order valence-corrected chi connectivity index (χ0v) is 14.1. The molecule has 0 bridgehead atoms. The number of carbonyl (C=O) groups excluding carboxylic acids is 2. The van der Waals surface area contributed by atoms with Crippen LogP contribution in [0, 0.1) is 5.92 Å². The molecule has 6 heteroatoms. The third-order valence-electron chi connectivity index (χ3n) is 4.10. The summed E-state index contributed by atoms with van der Waals surface area (Å²) in [6, 6.07) is 13.2. The summed E-state index contributed by atoms with van der Waals surface area (Å²) in [7, 11) is 0. The van der Waals surface area contributed by atoms with Crippen molar-refractivity contribution in [2.45, 2.75) is 12.8 Å². The number of carboxylic acid groups (broad SMARTS) is 1. The Morgan fingerprint density at radius 3 is 2.36 bits per heavy atom. The van der Waals surface area contributed by atoms with E-state index in [1.807, 2.05) is 0 Å². The van der Waals surface area contributed by atoms with Crippen molar-refractivity contribution in [3.63, 3.8) is 0 Å². The van der Waals surface area contributed by atoms with Crippen LogP contribution in [0.4, 0.5) is 5.69 Å². The van der Waals surface area contributed by atoms with E-state index >= 15 is 0 Å². The van der Waals surface area contributed by atoms with Crippen LogP contribution in [0.3, 0.4) is 0 Å². The van der Waals surface area contributed by atoms with Gasteiger partial charge in [0.05, 0.1) is 5.69 Å². The molecule has 5 nitrogen and oxygen atoms in total. The van der Waals surface area contributed by atoms with Crippen LogP contribution in [-0.4, -0.2) is 29.3 Å². The number of ketones is 1. The lowest BCUT2D eigenvalue weighted by Gasteiger charge is -2.23. The lowest BCUT2D eigenvalue weighted by Crippen LogP contribution is -2.39. The Labute approximate surface area is 149 Å². The Hall–Kier alpha value is -2.66. The summed E-state index contributed by atoms with van der Waals surface area (Å²) in [6.45, 7) is 0.280. The van der Waals surface area contributed by atoms with Crippen molar-refractivity contribution in [1.29, 1.82) is 0 Å². The molecule has 3 rings (SSSR count). The van der Waals surface area contributed by atoms with Gasteiger partial charge in [-0.1, -0.05) is 41.9 Å². The SMILES string of the molecule is O=C(O)C(=O)N(CC1CC1)c1ccc(Cl)cc1C(=O)c1ccccc1. The number of rotatable bonds is 5. The van der Waals surface area contributed by atoms with Gasteiger partial charge in [0, 0.05) is 22.7 Å². The van der Waals surface area contributed by atoms with Gasteiger partial charge >= 0.3 is 11.9 Å². The molecule has 128 valence electrons. The number of nitrogens with zero attached hydrogens (tertiary/aromatic N) is 1. The standard InChI is InChI=1S/C19H16ClNO4/c20-14-8-9-16(21(11-12-6-7-12)18(23)19(24)25)15(10-14)17(22)13-4-2-1-3-5-13/h1-5,8-10,12H,6-7,11H2,(H,24,25). The highest BCUT2D eigenvalue weighted by atomic mass is 35.5. The second-order valence-corrected chi connectivity index (χ2v) is 6.46. The topological polar surface area (TPSA) is 74.7 Å². The fourth-order valence-corrected chi connectivity index (χ4v) is 2.81. The molecule has 1 aliphatic rings. The smallest absolute Gasteiger partial charge is 0.394 e. The van der Waals surface area contributed by atoms with Crippen LogP contribution < -0.4 is 4.90 Å². The van der Waals surface area contributed by atoms with E-state index in [9.17, 15) is 14.4 Å². The summed E-state index contributed by atoms with van der Waals surface area (Å²) >= 11 is 6.04. The van der Waals surface area contributed by atoms with Gasteiger partial charge in [0.1, 0.15) is 0 Å². The molecule has 1 amide bonds. The van der Waals surface area contributed by atoms with Gasteiger partial charge in [-0.2, -0.15) is 0 Å². The number of hydrogen-bond donors (Lipinski definition) is 1. The monoisotopic (exact) mass is 357 g/mol. The van der Waals surface area contributed by atoms with Gasteiger partial charge in [0.2, 0.25) is 0 Å². The molecule has 1 fully saturated rings. The molecule has 25 heavy (non-hydrogen) atoms. The van der Waals surface area contributed by atoms with E-state index in [1.54, 1.807) is 36.4 Å². The zero-order valence-electron chi connectivity index (χ0n) is 13.3. The number of amides is 1. The Bertz CT molecular complexity index is 831. The predicted octanol–water partition coefficient (Wildman–Crippen LogP) is 3.40. The minimum absolute atomic E-state index is 0.217. The van der Waals surface area contributed by atoms with E-state index in [0.29, 0.717) is 10.6 Å². The van der Waals surface area contributed by atoms with Crippen molar-refractivity contribution in [2.24, 2.45) is 5.92 Å². The van der Waals surface area contributed by atoms with Crippen molar-refractivity contribution in [1.82, 2.24) is 0 Å². The molecule has 2 aromatic carbocycles. The van der Waals surface area contributed by atoms with Crippen LogP contribution in [-0.2, 0) is 9.59 Å². The predicted molar refractivity (Wildman–Crippen MR) is 94.0 cm³/mol. The Morgan fingerprint density at radius 1 is 1.08 bits per heavy atom. The van der Waals surface area contributed by atoms with Crippen molar-refractivity contribution in [3.8, 4) is 0 Å². The molecular formula is C19H16ClNO4. The summed E-state index contributed by atoms with van der Waals surface area (Å²) in [6.07, 6.45) is 1.89. The average molecular weight is 358 g/mol. The molecule has 0 unspecified atom stereocenters. The highest BCUT2D eigenvalue weighted by Crippen LogP contribution is 2.34. The van der Waals surface area contributed by atoms with Crippen LogP contribution in [0.25, 0.3) is 0 Å². The summed E-state index contributed by atoms with van der Waals surface area (Å²) in [4.78, 5) is 37.5. The number of carboxylic acids is 1. The number of halogens is 1. The summed E-state index contributed by atoms with van der Waals surface area (Å²) < 4.78 is 0. The lowest BCUT2D eigenvalue weighted by molar-refractivity contribution is -0.148. The summed E-state index contributed by atoms with van der Waals surface area (Å²) in [5, 5.41) is 9.49. The maximum absolute atomic E-state index is 12.9. The summed E-state index contributed by atoms with van der Waals surface area (Å²) in [5.74, 6) is -2.64. The third-order valence-corrected chi connectivity index (χ3v) is 4.33. The van der Waals surface area contributed by atoms with E-state index in [4.69, 9.17) is 16.7 Å². The van der Waals surface area contributed by atoms with E-state index < -0.39 is 11.9 Å². The van der Waals surface area contributed by atoms with Crippen LogP contribution in [0.1, 0.15) is 28.8 Å². The second-order valence-electron chi connectivity index (χ2n) is 6.02. The van der Waals surface area contributed by atoms with Gasteiger partial charge in [0.25, 0.3) is 0 Å². The van der Waals surface area contributed by atoms with Crippen LogP contribution in [0.2, 0.25) is 5.02 Å². The van der Waals surface area contributed by atoms with Crippen molar-refractivity contribution in [2.75, 3.05) is 11.4 Å². The first kappa shape index (κ1) is 17.2. The largest absolute Gasteiger partial charge is 0.474 e. The summed E-state index contributed by atoms with van der Waals surface area (Å²) in [5.41, 5.74) is 0.937. The maximum atomic E-state index is 12.9. The molecule has 1 N–H and O–H groups in total. The molecular weight excluding hydrogens is 342 g/mol. The van der Waals surface area contributed by atoms with Gasteiger partial charge in [-0.05, 0) is 37.0 Å². The number of carbonyl (C=O) groups is 3. The normalized spacial score (nSPS) is 13.3. The van der Waals surface area contributed by atoms with Gasteiger partial charge in [0.15, 0.2) is 5.78 Å². The van der Waals surface area contributed by atoms with Crippen LogP contribution in [0.5, 0.6) is 0 Å². The third kappa shape index (κ3) is 3.88. The van der Waals surface area contributed by atoms with Gasteiger partial charge in [-0.15, -0.1) is 0 Å². The zero-order chi connectivity index (χ0) is 18.0. The highest BCUT2D eigenvalue weighted by molar-refractivity contribution is 6.38. The van der Waals surface area contributed by atoms with Crippen molar-refractivity contribution >= 4 is 34.9 Å². The average Bonchev–Trinajstić information content (AvgIpc) is 3.43. The molecule has 0 radical (unpaired) electrons.